The number of aromatic nitrogens is 2. The quantitative estimate of drug-likeness (QED) is 0.664. The highest BCUT2D eigenvalue weighted by Crippen LogP contribution is 2.36. The lowest BCUT2D eigenvalue weighted by molar-refractivity contribution is -0.116. The molecule has 0 saturated heterocycles. The summed E-state index contributed by atoms with van der Waals surface area (Å²) in [6, 6.07) is 3.14. The molecule has 1 amide bonds. The smallest absolute Gasteiger partial charge is 0.262 e. The lowest BCUT2D eigenvalue weighted by Crippen LogP contribution is -2.28. The van der Waals surface area contributed by atoms with Crippen molar-refractivity contribution >= 4 is 44.7 Å². The zero-order chi connectivity index (χ0) is 20.5. The van der Waals surface area contributed by atoms with E-state index >= 15 is 0 Å². The van der Waals surface area contributed by atoms with Crippen molar-refractivity contribution in [2.75, 3.05) is 19.5 Å². The minimum absolute atomic E-state index is 0.154. The maximum atomic E-state index is 13.0. The van der Waals surface area contributed by atoms with E-state index < -0.39 is 0 Å². The fourth-order valence-corrected chi connectivity index (χ4v) is 5.06. The predicted octanol–water partition coefficient (Wildman–Crippen LogP) is 3.65. The predicted molar refractivity (Wildman–Crippen MR) is 114 cm³/mol. The summed E-state index contributed by atoms with van der Waals surface area (Å²) >= 11 is 7.74. The molecular weight excluding hydrogens is 414 g/mol. The number of rotatable bonds is 5. The third-order valence-corrected chi connectivity index (χ3v) is 6.50. The van der Waals surface area contributed by atoms with Gasteiger partial charge in [-0.2, -0.15) is 0 Å². The number of methoxy groups -OCH3 is 2. The SMILES string of the molecule is COc1cc(OC)c(NC(=O)Cn2cnc3sc4c(c3c2=O)CCCC4)cc1Cl. The Morgan fingerprint density at radius 1 is 1.24 bits per heavy atom. The molecule has 2 heterocycles. The van der Waals surface area contributed by atoms with Crippen molar-refractivity contribution in [2.45, 2.75) is 32.2 Å². The number of nitrogens with one attached hydrogen (secondary N) is 1. The highest BCUT2D eigenvalue weighted by molar-refractivity contribution is 7.18. The molecule has 0 fully saturated rings. The molecule has 0 aliphatic heterocycles. The Morgan fingerprint density at radius 3 is 2.76 bits per heavy atom. The second-order valence-corrected chi connectivity index (χ2v) is 8.29. The van der Waals surface area contributed by atoms with Crippen molar-refractivity contribution in [3.05, 3.63) is 44.3 Å². The van der Waals surface area contributed by atoms with E-state index in [2.05, 4.69) is 10.3 Å². The Balaban J connectivity index is 1.61. The van der Waals surface area contributed by atoms with Crippen LogP contribution in [0, 0.1) is 0 Å². The van der Waals surface area contributed by atoms with Crippen molar-refractivity contribution in [1.82, 2.24) is 9.55 Å². The Labute approximate surface area is 176 Å². The number of ether oxygens (including phenoxy) is 2. The number of hydrogen-bond acceptors (Lipinski definition) is 6. The summed E-state index contributed by atoms with van der Waals surface area (Å²) in [4.78, 5) is 32.0. The molecule has 4 rings (SSSR count). The number of carbonyl (C=O) groups is 1. The van der Waals surface area contributed by atoms with E-state index in [0.29, 0.717) is 27.6 Å². The summed E-state index contributed by atoms with van der Waals surface area (Å²) in [5.74, 6) is 0.471. The highest BCUT2D eigenvalue weighted by atomic mass is 35.5. The molecule has 0 radical (unpaired) electrons. The molecule has 29 heavy (non-hydrogen) atoms. The molecule has 9 heteroatoms. The van der Waals surface area contributed by atoms with Gasteiger partial charge >= 0.3 is 0 Å². The van der Waals surface area contributed by atoms with Gasteiger partial charge in [0.05, 0.1) is 36.6 Å². The number of anilines is 1. The van der Waals surface area contributed by atoms with Crippen LogP contribution in [0.4, 0.5) is 5.69 Å². The molecule has 0 spiro atoms. The molecule has 7 nitrogen and oxygen atoms in total. The van der Waals surface area contributed by atoms with Gasteiger partial charge in [0.2, 0.25) is 5.91 Å². The number of halogens is 1. The number of nitrogens with zero attached hydrogens (tertiary/aromatic N) is 2. The van der Waals surface area contributed by atoms with Crippen LogP contribution in [0.1, 0.15) is 23.3 Å². The third-order valence-electron chi connectivity index (χ3n) is 5.00. The van der Waals surface area contributed by atoms with Crippen molar-refractivity contribution in [1.29, 1.82) is 0 Å². The number of aryl methyl sites for hydroxylation is 2. The zero-order valence-electron chi connectivity index (χ0n) is 16.1. The third kappa shape index (κ3) is 3.70. The lowest BCUT2D eigenvalue weighted by Gasteiger charge is -2.13. The summed E-state index contributed by atoms with van der Waals surface area (Å²) < 4.78 is 11.8. The topological polar surface area (TPSA) is 82.4 Å². The Bertz CT molecular complexity index is 1150. The van der Waals surface area contributed by atoms with Gasteiger partial charge in [-0.15, -0.1) is 11.3 Å². The van der Waals surface area contributed by atoms with E-state index in [1.807, 2.05) is 0 Å². The molecule has 0 unspecified atom stereocenters. The molecule has 1 N–H and O–H groups in total. The van der Waals surface area contributed by atoms with Gasteiger partial charge in [0, 0.05) is 10.9 Å². The average Bonchev–Trinajstić information content (AvgIpc) is 3.09. The van der Waals surface area contributed by atoms with Crippen LogP contribution >= 0.6 is 22.9 Å². The minimum atomic E-state index is -0.378. The molecule has 1 aliphatic rings. The molecule has 2 aromatic heterocycles. The molecule has 0 saturated carbocycles. The van der Waals surface area contributed by atoms with Crippen LogP contribution in [0.2, 0.25) is 5.02 Å². The molecule has 0 atom stereocenters. The first-order valence-electron chi connectivity index (χ1n) is 9.23. The van der Waals surface area contributed by atoms with Crippen molar-refractivity contribution in [3.8, 4) is 11.5 Å². The number of carbonyl (C=O) groups excluding carboxylic acids is 1. The van der Waals surface area contributed by atoms with Crippen molar-refractivity contribution < 1.29 is 14.3 Å². The first kappa shape index (κ1) is 19.7. The molecule has 3 aromatic rings. The first-order chi connectivity index (χ1) is 14.0. The van der Waals surface area contributed by atoms with E-state index in [9.17, 15) is 9.59 Å². The Hall–Kier alpha value is -2.58. The van der Waals surface area contributed by atoms with Gasteiger partial charge in [0.1, 0.15) is 22.9 Å². The van der Waals surface area contributed by atoms with Crippen LogP contribution < -0.4 is 20.3 Å². The molecule has 152 valence electrons. The van der Waals surface area contributed by atoms with Gasteiger partial charge in [0.15, 0.2) is 0 Å². The van der Waals surface area contributed by atoms with E-state index in [1.54, 1.807) is 23.5 Å². The summed E-state index contributed by atoms with van der Waals surface area (Å²) in [7, 11) is 2.98. The highest BCUT2D eigenvalue weighted by Gasteiger charge is 2.21. The van der Waals surface area contributed by atoms with E-state index in [0.717, 1.165) is 36.1 Å². The zero-order valence-corrected chi connectivity index (χ0v) is 17.7. The number of amides is 1. The number of thiophene rings is 1. The average molecular weight is 434 g/mol. The van der Waals surface area contributed by atoms with Crippen LogP contribution in [-0.4, -0.2) is 29.7 Å². The maximum absolute atomic E-state index is 13.0. The molecule has 0 bridgehead atoms. The largest absolute Gasteiger partial charge is 0.495 e. The summed E-state index contributed by atoms with van der Waals surface area (Å²) in [5, 5.41) is 3.74. The summed E-state index contributed by atoms with van der Waals surface area (Å²) in [5.41, 5.74) is 1.33. The normalized spacial score (nSPS) is 13.2. The molecule has 1 aliphatic carbocycles. The van der Waals surface area contributed by atoms with Gasteiger partial charge < -0.3 is 14.8 Å². The number of hydrogen-bond donors (Lipinski definition) is 1. The second-order valence-electron chi connectivity index (χ2n) is 6.80. The first-order valence-corrected chi connectivity index (χ1v) is 10.4. The maximum Gasteiger partial charge on any atom is 0.262 e. The van der Waals surface area contributed by atoms with E-state index in [4.69, 9.17) is 21.1 Å². The van der Waals surface area contributed by atoms with Crippen LogP contribution in [0.15, 0.2) is 23.3 Å². The van der Waals surface area contributed by atoms with E-state index in [-0.39, 0.29) is 18.0 Å². The number of benzene rings is 1. The van der Waals surface area contributed by atoms with Crippen molar-refractivity contribution in [3.63, 3.8) is 0 Å². The Morgan fingerprint density at radius 2 is 2.00 bits per heavy atom. The van der Waals surface area contributed by atoms with Crippen molar-refractivity contribution in [2.24, 2.45) is 0 Å². The van der Waals surface area contributed by atoms with Gasteiger partial charge in [-0.25, -0.2) is 4.98 Å². The van der Waals surface area contributed by atoms with Crippen LogP contribution in [0.3, 0.4) is 0 Å². The van der Waals surface area contributed by atoms with Crippen LogP contribution in [0.5, 0.6) is 11.5 Å². The van der Waals surface area contributed by atoms with E-state index in [1.165, 1.54) is 30.0 Å². The van der Waals surface area contributed by atoms with Crippen LogP contribution in [0.25, 0.3) is 10.2 Å². The fourth-order valence-electron chi connectivity index (χ4n) is 3.60. The van der Waals surface area contributed by atoms with Crippen LogP contribution in [-0.2, 0) is 24.2 Å². The van der Waals surface area contributed by atoms with Gasteiger partial charge in [-0.05, 0) is 37.3 Å². The van der Waals surface area contributed by atoms with Gasteiger partial charge in [-0.1, -0.05) is 11.6 Å². The standard InChI is InChI=1S/C20H20ClN3O4S/c1-27-14-8-15(28-2)13(7-12(14)21)23-17(25)9-24-10-22-19-18(20(24)26)11-5-3-4-6-16(11)29-19/h7-8,10H,3-6,9H2,1-2H3,(H,23,25). The fraction of sp³-hybridized carbons (Fsp3) is 0.350. The number of fused-ring (bicyclic) bond motifs is 3. The summed E-state index contributed by atoms with van der Waals surface area (Å²) in [6.07, 6.45) is 5.54. The molecular formula is C20H20ClN3O4S. The summed E-state index contributed by atoms with van der Waals surface area (Å²) in [6.45, 7) is -0.154. The molecule has 1 aromatic carbocycles. The van der Waals surface area contributed by atoms with Gasteiger partial charge in [0.25, 0.3) is 5.56 Å². The minimum Gasteiger partial charge on any atom is -0.495 e. The second kappa shape index (κ2) is 8.04. The van der Waals surface area contributed by atoms with Gasteiger partial charge in [-0.3, -0.25) is 14.2 Å². The lowest BCUT2D eigenvalue weighted by atomic mass is 9.97. The monoisotopic (exact) mass is 433 g/mol. The Kier molecular flexibility index (Phi) is 5.47.